The molecule has 0 spiro atoms. The van der Waals surface area contributed by atoms with Crippen LogP contribution in [0, 0.1) is 11.8 Å². The Morgan fingerprint density at radius 2 is 1.95 bits per heavy atom. The Balaban J connectivity index is 1.61. The molecule has 1 aromatic carbocycles. The summed E-state index contributed by atoms with van der Waals surface area (Å²) in [5.41, 5.74) is 6.77. The van der Waals surface area contributed by atoms with E-state index in [1.165, 1.54) is 12.8 Å². The predicted octanol–water partition coefficient (Wildman–Crippen LogP) is 2.95. The van der Waals surface area contributed by atoms with Crippen LogP contribution in [-0.4, -0.2) is 18.5 Å². The second-order valence-corrected chi connectivity index (χ2v) is 6.71. The van der Waals surface area contributed by atoms with Gasteiger partial charge in [0.1, 0.15) is 0 Å². The monoisotopic (exact) mass is 312 g/mol. The van der Waals surface area contributed by atoms with Gasteiger partial charge in [-0.25, -0.2) is 0 Å². The van der Waals surface area contributed by atoms with Gasteiger partial charge in [0.05, 0.1) is 0 Å². The number of amides is 1. The van der Waals surface area contributed by atoms with Crippen LogP contribution in [0.3, 0.4) is 0 Å². The fourth-order valence-electron chi connectivity index (χ4n) is 2.80. The van der Waals surface area contributed by atoms with Gasteiger partial charge in [-0.2, -0.15) is 0 Å². The molecular formula is C15H18Cl2N2O. The van der Waals surface area contributed by atoms with Crippen LogP contribution in [0.25, 0.3) is 0 Å². The fraction of sp³-hybridized carbons (Fsp3) is 0.533. The van der Waals surface area contributed by atoms with Crippen molar-refractivity contribution in [1.29, 1.82) is 0 Å². The number of hydrogen-bond acceptors (Lipinski definition) is 2. The Kier molecular flexibility index (Phi) is 3.93. The molecule has 2 saturated carbocycles. The highest BCUT2D eigenvalue weighted by molar-refractivity contribution is 6.34. The van der Waals surface area contributed by atoms with Crippen LogP contribution in [0.2, 0.25) is 10.0 Å². The van der Waals surface area contributed by atoms with Crippen molar-refractivity contribution in [3.63, 3.8) is 0 Å². The maximum absolute atomic E-state index is 12.2. The molecular weight excluding hydrogens is 295 g/mol. The first-order chi connectivity index (χ1) is 9.58. The molecule has 3 atom stereocenters. The number of carbonyl (C=O) groups is 1. The highest BCUT2D eigenvalue weighted by atomic mass is 35.5. The van der Waals surface area contributed by atoms with E-state index in [0.29, 0.717) is 22.5 Å². The van der Waals surface area contributed by atoms with Gasteiger partial charge in [0.2, 0.25) is 5.91 Å². The summed E-state index contributed by atoms with van der Waals surface area (Å²) in [5, 5.41) is 4.33. The average molecular weight is 313 g/mol. The van der Waals surface area contributed by atoms with Crippen molar-refractivity contribution < 1.29 is 4.79 Å². The second-order valence-electron chi connectivity index (χ2n) is 5.84. The summed E-state index contributed by atoms with van der Waals surface area (Å²) in [5.74, 6) is 0.983. The number of rotatable bonds is 5. The smallest absolute Gasteiger partial charge is 0.224 e. The summed E-state index contributed by atoms with van der Waals surface area (Å²) in [4.78, 5) is 12.2. The first-order valence-electron chi connectivity index (χ1n) is 7.05. The van der Waals surface area contributed by atoms with Crippen molar-refractivity contribution in [2.75, 3.05) is 6.54 Å². The van der Waals surface area contributed by atoms with Gasteiger partial charge in [0, 0.05) is 28.5 Å². The summed E-state index contributed by atoms with van der Waals surface area (Å²) in [6, 6.07) is 5.65. The van der Waals surface area contributed by atoms with E-state index in [1.54, 1.807) is 6.07 Å². The first-order valence-corrected chi connectivity index (χ1v) is 7.80. The van der Waals surface area contributed by atoms with Crippen LogP contribution in [0.1, 0.15) is 30.7 Å². The van der Waals surface area contributed by atoms with E-state index < -0.39 is 0 Å². The minimum atomic E-state index is 0.0392. The minimum Gasteiger partial charge on any atom is -0.352 e. The molecule has 0 heterocycles. The van der Waals surface area contributed by atoms with Gasteiger partial charge in [-0.1, -0.05) is 23.2 Å². The summed E-state index contributed by atoms with van der Waals surface area (Å²) in [6.07, 6.45) is 3.23. The van der Waals surface area contributed by atoms with E-state index >= 15 is 0 Å². The molecule has 0 saturated heterocycles. The maximum atomic E-state index is 12.2. The lowest BCUT2D eigenvalue weighted by molar-refractivity contribution is -0.123. The molecule has 0 aliphatic heterocycles. The zero-order chi connectivity index (χ0) is 14.3. The molecule has 3 unspecified atom stereocenters. The second kappa shape index (κ2) is 5.55. The van der Waals surface area contributed by atoms with Gasteiger partial charge >= 0.3 is 0 Å². The van der Waals surface area contributed by atoms with E-state index in [9.17, 15) is 4.79 Å². The molecule has 0 aromatic heterocycles. The third-order valence-corrected chi connectivity index (χ3v) is 4.65. The molecule has 2 aliphatic rings. The molecule has 108 valence electrons. The SMILES string of the molecule is NCC(NC(=O)C1CC1c1cc(Cl)cc(Cl)c1)C1CC1. The van der Waals surface area contributed by atoms with Crippen molar-refractivity contribution in [3.8, 4) is 0 Å². The largest absolute Gasteiger partial charge is 0.352 e. The predicted molar refractivity (Wildman–Crippen MR) is 81.0 cm³/mol. The van der Waals surface area contributed by atoms with Gasteiger partial charge in [-0.15, -0.1) is 0 Å². The Labute approximate surface area is 128 Å². The lowest BCUT2D eigenvalue weighted by atomic mass is 10.1. The maximum Gasteiger partial charge on any atom is 0.224 e. The quantitative estimate of drug-likeness (QED) is 0.878. The Bertz CT molecular complexity index is 510. The number of halogens is 2. The van der Waals surface area contributed by atoms with Crippen LogP contribution >= 0.6 is 23.2 Å². The summed E-state index contributed by atoms with van der Waals surface area (Å²) < 4.78 is 0. The molecule has 3 N–H and O–H groups in total. The first kappa shape index (κ1) is 14.2. The zero-order valence-corrected chi connectivity index (χ0v) is 12.6. The van der Waals surface area contributed by atoms with Crippen LogP contribution in [0.4, 0.5) is 0 Å². The van der Waals surface area contributed by atoms with Crippen molar-refractivity contribution in [3.05, 3.63) is 33.8 Å². The molecule has 3 nitrogen and oxygen atoms in total. The van der Waals surface area contributed by atoms with Crippen molar-refractivity contribution in [2.45, 2.75) is 31.2 Å². The molecule has 20 heavy (non-hydrogen) atoms. The lowest BCUT2D eigenvalue weighted by Gasteiger charge is -2.16. The normalized spacial score (nSPS) is 26.1. The zero-order valence-electron chi connectivity index (χ0n) is 11.1. The Morgan fingerprint density at radius 3 is 2.50 bits per heavy atom. The van der Waals surface area contributed by atoms with E-state index in [2.05, 4.69) is 5.32 Å². The van der Waals surface area contributed by atoms with Crippen LogP contribution in [-0.2, 0) is 4.79 Å². The van der Waals surface area contributed by atoms with E-state index in [4.69, 9.17) is 28.9 Å². The topological polar surface area (TPSA) is 55.1 Å². The molecule has 5 heteroatoms. The van der Waals surface area contributed by atoms with Gasteiger partial charge < -0.3 is 11.1 Å². The average Bonchev–Trinajstić information content (AvgIpc) is 3.27. The van der Waals surface area contributed by atoms with Gasteiger partial charge in [-0.05, 0) is 54.9 Å². The Morgan fingerprint density at radius 1 is 1.30 bits per heavy atom. The van der Waals surface area contributed by atoms with E-state index in [-0.39, 0.29) is 23.8 Å². The molecule has 0 bridgehead atoms. The van der Waals surface area contributed by atoms with Crippen LogP contribution in [0.5, 0.6) is 0 Å². The number of nitrogens with two attached hydrogens (primary N) is 1. The van der Waals surface area contributed by atoms with Crippen LogP contribution in [0.15, 0.2) is 18.2 Å². The van der Waals surface area contributed by atoms with Gasteiger partial charge in [0.25, 0.3) is 0 Å². The summed E-state index contributed by atoms with van der Waals surface area (Å²) in [7, 11) is 0. The third-order valence-electron chi connectivity index (χ3n) is 4.21. The molecule has 3 rings (SSSR count). The number of nitrogens with one attached hydrogen (secondary N) is 1. The van der Waals surface area contributed by atoms with Crippen molar-refractivity contribution in [1.82, 2.24) is 5.32 Å². The van der Waals surface area contributed by atoms with Gasteiger partial charge in [0.15, 0.2) is 0 Å². The molecule has 1 aromatic rings. The Hall–Kier alpha value is -0.770. The standard InChI is InChI=1S/C15H18Cl2N2O/c16-10-3-9(4-11(17)5-10)12-6-13(12)15(20)19-14(7-18)8-1-2-8/h3-5,8,12-14H,1-2,6-7,18H2,(H,19,20). The molecule has 2 fully saturated rings. The molecule has 1 amide bonds. The van der Waals surface area contributed by atoms with E-state index in [0.717, 1.165) is 12.0 Å². The minimum absolute atomic E-state index is 0.0392. The summed E-state index contributed by atoms with van der Waals surface area (Å²) in [6.45, 7) is 0.525. The fourth-order valence-corrected chi connectivity index (χ4v) is 3.34. The van der Waals surface area contributed by atoms with Crippen molar-refractivity contribution >= 4 is 29.1 Å². The number of benzene rings is 1. The molecule has 0 radical (unpaired) electrons. The lowest BCUT2D eigenvalue weighted by Crippen LogP contribution is -2.42. The third kappa shape index (κ3) is 3.11. The van der Waals surface area contributed by atoms with Crippen LogP contribution < -0.4 is 11.1 Å². The molecule has 2 aliphatic carbocycles. The highest BCUT2D eigenvalue weighted by Crippen LogP contribution is 2.48. The van der Waals surface area contributed by atoms with E-state index in [1.807, 2.05) is 12.1 Å². The summed E-state index contributed by atoms with van der Waals surface area (Å²) >= 11 is 12.0. The number of hydrogen-bond donors (Lipinski definition) is 2. The highest BCUT2D eigenvalue weighted by Gasteiger charge is 2.45. The number of carbonyl (C=O) groups excluding carboxylic acids is 1. The van der Waals surface area contributed by atoms with Crippen molar-refractivity contribution in [2.24, 2.45) is 17.6 Å². The van der Waals surface area contributed by atoms with Gasteiger partial charge in [-0.3, -0.25) is 4.79 Å².